The Morgan fingerprint density at radius 1 is 0.579 bits per heavy atom. The van der Waals surface area contributed by atoms with Crippen molar-refractivity contribution in [3.8, 4) is 0 Å². The Morgan fingerprint density at radius 2 is 0.895 bits per heavy atom. The molecule has 1 nitrogen and oxygen atoms in total. The minimum atomic E-state index is 0.870. The molecule has 0 radical (unpaired) electrons. The molecule has 0 bridgehead atoms. The molecule has 0 spiro atoms. The average molecular weight is 266 g/mol. The van der Waals surface area contributed by atoms with Crippen LogP contribution in [0.4, 0.5) is 0 Å². The molecule has 0 heterocycles. The summed E-state index contributed by atoms with van der Waals surface area (Å²) >= 11 is 0. The SMILES string of the molecule is CCC1CCC(COCC2CCC(CC)CC2)CC1. The van der Waals surface area contributed by atoms with E-state index in [4.69, 9.17) is 4.74 Å². The number of rotatable bonds is 6. The van der Waals surface area contributed by atoms with Crippen LogP contribution < -0.4 is 0 Å². The predicted molar refractivity (Wildman–Crippen MR) is 82.3 cm³/mol. The van der Waals surface area contributed by atoms with Crippen molar-refractivity contribution in [2.45, 2.75) is 78.1 Å². The Bertz CT molecular complexity index is 198. The van der Waals surface area contributed by atoms with E-state index < -0.39 is 0 Å². The molecule has 2 aliphatic carbocycles. The van der Waals surface area contributed by atoms with E-state index in [2.05, 4.69) is 13.8 Å². The normalized spacial score (nSPS) is 36.3. The summed E-state index contributed by atoms with van der Waals surface area (Å²) in [5.41, 5.74) is 0. The number of ether oxygens (including phenoxy) is 1. The van der Waals surface area contributed by atoms with Crippen LogP contribution in [0.1, 0.15) is 78.1 Å². The first kappa shape index (κ1) is 15.4. The van der Waals surface area contributed by atoms with E-state index in [0.717, 1.165) is 36.9 Å². The molecular weight excluding hydrogens is 232 g/mol. The van der Waals surface area contributed by atoms with Crippen LogP contribution in [0.3, 0.4) is 0 Å². The Labute approximate surface area is 120 Å². The van der Waals surface area contributed by atoms with Crippen molar-refractivity contribution in [1.29, 1.82) is 0 Å². The molecule has 1 heteroatoms. The molecule has 2 rings (SSSR count). The maximum atomic E-state index is 6.05. The van der Waals surface area contributed by atoms with Crippen LogP contribution in [-0.4, -0.2) is 13.2 Å². The molecule has 19 heavy (non-hydrogen) atoms. The zero-order chi connectivity index (χ0) is 13.5. The van der Waals surface area contributed by atoms with Gasteiger partial charge in [-0.05, 0) is 49.4 Å². The van der Waals surface area contributed by atoms with E-state index in [1.165, 1.54) is 64.2 Å². The molecule has 2 fully saturated rings. The predicted octanol–water partition coefficient (Wildman–Crippen LogP) is 5.44. The highest BCUT2D eigenvalue weighted by atomic mass is 16.5. The van der Waals surface area contributed by atoms with Gasteiger partial charge in [0.2, 0.25) is 0 Å². The van der Waals surface area contributed by atoms with E-state index in [-0.39, 0.29) is 0 Å². The zero-order valence-corrected chi connectivity index (χ0v) is 13.2. The first-order chi connectivity index (χ1) is 9.31. The van der Waals surface area contributed by atoms with Gasteiger partial charge >= 0.3 is 0 Å². The molecule has 0 saturated heterocycles. The minimum absolute atomic E-state index is 0.870. The topological polar surface area (TPSA) is 9.23 Å². The molecule has 112 valence electrons. The van der Waals surface area contributed by atoms with Crippen LogP contribution in [0.15, 0.2) is 0 Å². The van der Waals surface area contributed by atoms with Gasteiger partial charge < -0.3 is 4.74 Å². The highest BCUT2D eigenvalue weighted by Crippen LogP contribution is 2.32. The number of hydrogen-bond donors (Lipinski definition) is 0. The second-order valence-electron chi connectivity index (χ2n) is 7.13. The maximum Gasteiger partial charge on any atom is 0.0494 e. The van der Waals surface area contributed by atoms with Crippen molar-refractivity contribution >= 4 is 0 Å². The molecule has 0 aromatic rings. The largest absolute Gasteiger partial charge is 0.381 e. The van der Waals surface area contributed by atoms with Gasteiger partial charge in [0, 0.05) is 13.2 Å². The Hall–Kier alpha value is -0.0400. The third-order valence-electron chi connectivity index (χ3n) is 5.79. The molecule has 0 unspecified atom stereocenters. The fourth-order valence-corrected chi connectivity index (χ4v) is 4.01. The molecular formula is C18H34O. The Kier molecular flexibility index (Phi) is 6.70. The summed E-state index contributed by atoms with van der Waals surface area (Å²) in [6.45, 7) is 6.77. The highest BCUT2D eigenvalue weighted by molar-refractivity contribution is 4.73. The summed E-state index contributed by atoms with van der Waals surface area (Å²) in [5, 5.41) is 0. The van der Waals surface area contributed by atoms with Crippen molar-refractivity contribution in [2.75, 3.05) is 13.2 Å². The van der Waals surface area contributed by atoms with Crippen molar-refractivity contribution in [3.63, 3.8) is 0 Å². The summed E-state index contributed by atoms with van der Waals surface area (Å²) < 4.78 is 6.05. The lowest BCUT2D eigenvalue weighted by atomic mass is 9.80. The van der Waals surface area contributed by atoms with E-state index in [9.17, 15) is 0 Å². The van der Waals surface area contributed by atoms with Crippen LogP contribution in [0.25, 0.3) is 0 Å². The van der Waals surface area contributed by atoms with Gasteiger partial charge in [0.25, 0.3) is 0 Å². The lowest BCUT2D eigenvalue weighted by molar-refractivity contribution is 0.0413. The van der Waals surface area contributed by atoms with E-state index in [0.29, 0.717) is 0 Å². The third kappa shape index (κ3) is 5.10. The second-order valence-corrected chi connectivity index (χ2v) is 7.13. The summed E-state index contributed by atoms with van der Waals surface area (Å²) in [4.78, 5) is 0. The average Bonchev–Trinajstić information content (AvgIpc) is 2.49. The lowest BCUT2D eigenvalue weighted by Crippen LogP contribution is -2.22. The van der Waals surface area contributed by atoms with Gasteiger partial charge in [0.05, 0.1) is 0 Å². The van der Waals surface area contributed by atoms with Crippen LogP contribution in [0.2, 0.25) is 0 Å². The third-order valence-corrected chi connectivity index (χ3v) is 5.79. The summed E-state index contributed by atoms with van der Waals surface area (Å²) in [6.07, 6.45) is 14.2. The molecule has 0 aromatic heterocycles. The van der Waals surface area contributed by atoms with E-state index >= 15 is 0 Å². The van der Waals surface area contributed by atoms with Gasteiger partial charge in [-0.25, -0.2) is 0 Å². The van der Waals surface area contributed by atoms with E-state index in [1.807, 2.05) is 0 Å². The quantitative estimate of drug-likeness (QED) is 0.622. The summed E-state index contributed by atoms with van der Waals surface area (Å²) in [6, 6.07) is 0. The summed E-state index contributed by atoms with van der Waals surface area (Å²) in [5.74, 6) is 3.77. The first-order valence-electron chi connectivity index (χ1n) is 8.89. The van der Waals surface area contributed by atoms with Crippen molar-refractivity contribution < 1.29 is 4.74 Å². The Morgan fingerprint density at radius 3 is 1.21 bits per heavy atom. The fraction of sp³-hybridized carbons (Fsp3) is 1.00. The standard InChI is InChI=1S/C18H34O/c1-3-15-5-9-17(10-6-15)13-19-14-18-11-7-16(4-2)8-12-18/h15-18H,3-14H2,1-2H3. The number of hydrogen-bond acceptors (Lipinski definition) is 1. The van der Waals surface area contributed by atoms with Gasteiger partial charge in [-0.2, -0.15) is 0 Å². The monoisotopic (exact) mass is 266 g/mol. The highest BCUT2D eigenvalue weighted by Gasteiger charge is 2.22. The Balaban J connectivity index is 1.53. The van der Waals surface area contributed by atoms with Crippen LogP contribution in [0, 0.1) is 23.7 Å². The molecule has 0 amide bonds. The molecule has 0 aliphatic heterocycles. The van der Waals surface area contributed by atoms with Crippen LogP contribution >= 0.6 is 0 Å². The van der Waals surface area contributed by atoms with Crippen molar-refractivity contribution in [1.82, 2.24) is 0 Å². The maximum absolute atomic E-state index is 6.05. The first-order valence-corrected chi connectivity index (χ1v) is 8.89. The molecule has 2 saturated carbocycles. The van der Waals surface area contributed by atoms with Gasteiger partial charge in [-0.15, -0.1) is 0 Å². The van der Waals surface area contributed by atoms with Crippen LogP contribution in [-0.2, 0) is 4.74 Å². The van der Waals surface area contributed by atoms with Crippen molar-refractivity contribution in [2.24, 2.45) is 23.7 Å². The van der Waals surface area contributed by atoms with Crippen molar-refractivity contribution in [3.05, 3.63) is 0 Å². The summed E-state index contributed by atoms with van der Waals surface area (Å²) in [7, 11) is 0. The van der Waals surface area contributed by atoms with Gasteiger partial charge in [-0.1, -0.05) is 52.4 Å². The second kappa shape index (κ2) is 8.29. The van der Waals surface area contributed by atoms with Gasteiger partial charge in [0.1, 0.15) is 0 Å². The lowest BCUT2D eigenvalue weighted by Gasteiger charge is -2.30. The molecule has 0 N–H and O–H groups in total. The molecule has 2 aliphatic rings. The fourth-order valence-electron chi connectivity index (χ4n) is 4.01. The zero-order valence-electron chi connectivity index (χ0n) is 13.2. The smallest absolute Gasteiger partial charge is 0.0494 e. The van der Waals surface area contributed by atoms with Gasteiger partial charge in [-0.3, -0.25) is 0 Å². The van der Waals surface area contributed by atoms with Crippen LogP contribution in [0.5, 0.6) is 0 Å². The molecule has 0 atom stereocenters. The molecule has 0 aromatic carbocycles. The van der Waals surface area contributed by atoms with Gasteiger partial charge in [0.15, 0.2) is 0 Å². The minimum Gasteiger partial charge on any atom is -0.381 e. The van der Waals surface area contributed by atoms with E-state index in [1.54, 1.807) is 0 Å².